The van der Waals surface area contributed by atoms with E-state index in [1.165, 1.54) is 0 Å². The molecule has 0 spiro atoms. The number of hydrogen-bond acceptors (Lipinski definition) is 3. The van der Waals surface area contributed by atoms with Gasteiger partial charge in [-0.3, -0.25) is 4.79 Å². The van der Waals surface area contributed by atoms with E-state index in [-0.39, 0.29) is 18.7 Å². The highest BCUT2D eigenvalue weighted by Gasteiger charge is 2.48. The Hall–Kier alpha value is -1.10. The molecule has 80 valence electrons. The Bertz CT molecular complexity index is 253. The smallest absolute Gasteiger partial charge is 0.357 e. The quantitative estimate of drug-likeness (QED) is 0.683. The van der Waals surface area contributed by atoms with Gasteiger partial charge in [0.1, 0.15) is 0 Å². The summed E-state index contributed by atoms with van der Waals surface area (Å²) >= 11 is 0. The van der Waals surface area contributed by atoms with Gasteiger partial charge in [0, 0.05) is 19.4 Å². The van der Waals surface area contributed by atoms with Gasteiger partial charge in [-0.15, -0.1) is 0 Å². The van der Waals surface area contributed by atoms with E-state index in [0.717, 1.165) is 4.90 Å². The number of carboxylic acid groups (broad SMARTS) is 1. The summed E-state index contributed by atoms with van der Waals surface area (Å²) in [6.07, 6.45) is 1.61. The molecule has 1 heterocycles. The molecule has 1 fully saturated rings. The minimum Gasteiger partial charge on any atom is -0.478 e. The largest absolute Gasteiger partial charge is 0.478 e. The van der Waals surface area contributed by atoms with Crippen molar-refractivity contribution in [2.75, 3.05) is 6.54 Å². The van der Waals surface area contributed by atoms with Crippen molar-refractivity contribution in [1.29, 1.82) is 0 Å². The van der Waals surface area contributed by atoms with Gasteiger partial charge in [-0.25, -0.2) is 4.79 Å². The molecule has 1 aliphatic heterocycles. The third-order valence-corrected chi connectivity index (χ3v) is 2.46. The SMILES string of the molecule is CCCC(=O)N1CCCC1(O)C(=O)O. The molecule has 0 radical (unpaired) electrons. The van der Waals surface area contributed by atoms with E-state index < -0.39 is 11.7 Å². The van der Waals surface area contributed by atoms with Crippen LogP contribution in [0.4, 0.5) is 0 Å². The number of likely N-dealkylation sites (tertiary alicyclic amines) is 1. The molecule has 0 bridgehead atoms. The second-order valence-corrected chi connectivity index (χ2v) is 3.52. The Morgan fingerprint density at radius 3 is 2.64 bits per heavy atom. The molecule has 5 heteroatoms. The number of nitrogens with zero attached hydrogens (tertiary/aromatic N) is 1. The lowest BCUT2D eigenvalue weighted by Crippen LogP contribution is -2.52. The maximum absolute atomic E-state index is 11.5. The number of aliphatic hydroxyl groups is 1. The predicted octanol–water partition coefficient (Wildman–Crippen LogP) is 0.182. The molecule has 0 aromatic carbocycles. The maximum atomic E-state index is 11.5. The Kier molecular flexibility index (Phi) is 3.10. The monoisotopic (exact) mass is 201 g/mol. The van der Waals surface area contributed by atoms with Crippen LogP contribution in [0.3, 0.4) is 0 Å². The van der Waals surface area contributed by atoms with Crippen molar-refractivity contribution in [2.24, 2.45) is 0 Å². The molecule has 5 nitrogen and oxygen atoms in total. The predicted molar refractivity (Wildman–Crippen MR) is 48.4 cm³/mol. The van der Waals surface area contributed by atoms with Gasteiger partial charge in [-0.05, 0) is 12.8 Å². The highest BCUT2D eigenvalue weighted by molar-refractivity contribution is 5.86. The van der Waals surface area contributed by atoms with E-state index in [1.54, 1.807) is 0 Å². The molecule has 1 unspecified atom stereocenters. The van der Waals surface area contributed by atoms with Gasteiger partial charge < -0.3 is 15.1 Å². The molecule has 1 aliphatic rings. The van der Waals surface area contributed by atoms with Gasteiger partial charge in [0.25, 0.3) is 0 Å². The van der Waals surface area contributed by atoms with E-state index in [1.807, 2.05) is 6.92 Å². The minimum atomic E-state index is -1.97. The van der Waals surface area contributed by atoms with Gasteiger partial charge in [-0.2, -0.15) is 0 Å². The van der Waals surface area contributed by atoms with E-state index >= 15 is 0 Å². The Morgan fingerprint density at radius 2 is 2.14 bits per heavy atom. The number of rotatable bonds is 3. The van der Waals surface area contributed by atoms with Crippen molar-refractivity contribution in [2.45, 2.75) is 38.3 Å². The van der Waals surface area contributed by atoms with Gasteiger partial charge in [0.05, 0.1) is 0 Å². The topological polar surface area (TPSA) is 77.8 Å². The van der Waals surface area contributed by atoms with Crippen molar-refractivity contribution < 1.29 is 19.8 Å². The van der Waals surface area contributed by atoms with E-state index in [9.17, 15) is 14.7 Å². The summed E-state index contributed by atoms with van der Waals surface area (Å²) in [4.78, 5) is 23.3. The van der Waals surface area contributed by atoms with E-state index in [0.29, 0.717) is 19.4 Å². The standard InChI is InChI=1S/C9H15NO4/c1-2-4-7(11)10-6-3-5-9(10,14)8(12)13/h14H,2-6H2,1H3,(H,12,13). The lowest BCUT2D eigenvalue weighted by atomic mass is 10.1. The molecule has 2 N–H and O–H groups in total. The minimum absolute atomic E-state index is 0.123. The first-order valence-corrected chi connectivity index (χ1v) is 4.78. The van der Waals surface area contributed by atoms with Gasteiger partial charge in [0.15, 0.2) is 0 Å². The number of amides is 1. The third kappa shape index (κ3) is 1.72. The molecule has 0 aromatic rings. The molecule has 0 aliphatic carbocycles. The number of aliphatic carboxylic acids is 1. The normalized spacial score (nSPS) is 26.6. The highest BCUT2D eigenvalue weighted by atomic mass is 16.4. The lowest BCUT2D eigenvalue weighted by Gasteiger charge is -2.29. The molecule has 1 atom stereocenters. The average molecular weight is 201 g/mol. The van der Waals surface area contributed by atoms with Crippen LogP contribution in [-0.4, -0.2) is 39.3 Å². The van der Waals surface area contributed by atoms with Crippen molar-refractivity contribution in [3.8, 4) is 0 Å². The fraction of sp³-hybridized carbons (Fsp3) is 0.778. The zero-order valence-electron chi connectivity index (χ0n) is 8.19. The lowest BCUT2D eigenvalue weighted by molar-refractivity contribution is -0.182. The van der Waals surface area contributed by atoms with Crippen LogP contribution in [0, 0.1) is 0 Å². The van der Waals surface area contributed by atoms with Crippen LogP contribution in [0.1, 0.15) is 32.6 Å². The van der Waals surface area contributed by atoms with Crippen LogP contribution < -0.4 is 0 Å². The Balaban J connectivity index is 2.77. The number of carbonyl (C=O) groups is 2. The van der Waals surface area contributed by atoms with Crippen LogP contribution in [0.2, 0.25) is 0 Å². The van der Waals surface area contributed by atoms with Crippen LogP contribution in [-0.2, 0) is 9.59 Å². The zero-order chi connectivity index (χ0) is 10.8. The number of hydrogen-bond donors (Lipinski definition) is 2. The van der Waals surface area contributed by atoms with Gasteiger partial charge >= 0.3 is 5.97 Å². The van der Waals surface area contributed by atoms with Crippen molar-refractivity contribution in [3.63, 3.8) is 0 Å². The van der Waals surface area contributed by atoms with E-state index in [2.05, 4.69) is 0 Å². The van der Waals surface area contributed by atoms with Crippen LogP contribution in [0.5, 0.6) is 0 Å². The first kappa shape index (κ1) is 11.0. The van der Waals surface area contributed by atoms with Crippen LogP contribution >= 0.6 is 0 Å². The zero-order valence-corrected chi connectivity index (χ0v) is 8.19. The summed E-state index contributed by atoms with van der Waals surface area (Å²) in [5, 5.41) is 18.5. The molecule has 1 amide bonds. The van der Waals surface area contributed by atoms with Crippen molar-refractivity contribution in [1.82, 2.24) is 4.90 Å². The fourth-order valence-corrected chi connectivity index (χ4v) is 1.71. The van der Waals surface area contributed by atoms with E-state index in [4.69, 9.17) is 5.11 Å². The summed E-state index contributed by atoms with van der Waals surface area (Å²) < 4.78 is 0. The Morgan fingerprint density at radius 1 is 1.50 bits per heavy atom. The maximum Gasteiger partial charge on any atom is 0.357 e. The summed E-state index contributed by atoms with van der Waals surface area (Å²) in [6.45, 7) is 2.18. The highest BCUT2D eigenvalue weighted by Crippen LogP contribution is 2.27. The number of carbonyl (C=O) groups excluding carboxylic acids is 1. The van der Waals surface area contributed by atoms with Crippen molar-refractivity contribution >= 4 is 11.9 Å². The number of carboxylic acids is 1. The first-order valence-electron chi connectivity index (χ1n) is 4.78. The second kappa shape index (κ2) is 3.96. The molecule has 0 aromatic heterocycles. The van der Waals surface area contributed by atoms with Crippen LogP contribution in [0.15, 0.2) is 0 Å². The molecular weight excluding hydrogens is 186 g/mol. The summed E-state index contributed by atoms with van der Waals surface area (Å²) in [5.41, 5.74) is -1.97. The third-order valence-electron chi connectivity index (χ3n) is 2.46. The molecular formula is C9H15NO4. The molecule has 1 saturated heterocycles. The van der Waals surface area contributed by atoms with Gasteiger partial charge in [-0.1, -0.05) is 6.92 Å². The first-order chi connectivity index (χ1) is 6.52. The van der Waals surface area contributed by atoms with Crippen LogP contribution in [0.25, 0.3) is 0 Å². The summed E-state index contributed by atoms with van der Waals surface area (Å²) in [6, 6.07) is 0. The summed E-state index contributed by atoms with van der Waals surface area (Å²) in [7, 11) is 0. The summed E-state index contributed by atoms with van der Waals surface area (Å²) in [5.74, 6) is -1.62. The fourth-order valence-electron chi connectivity index (χ4n) is 1.71. The molecule has 14 heavy (non-hydrogen) atoms. The Labute approximate surface area is 82.3 Å². The molecule has 0 saturated carbocycles. The van der Waals surface area contributed by atoms with Gasteiger partial charge in [0.2, 0.25) is 11.6 Å². The van der Waals surface area contributed by atoms with Crippen molar-refractivity contribution in [3.05, 3.63) is 0 Å². The molecule has 1 rings (SSSR count). The second-order valence-electron chi connectivity index (χ2n) is 3.52. The average Bonchev–Trinajstić information content (AvgIpc) is 2.49.